The Morgan fingerprint density at radius 2 is 2.14 bits per heavy atom. The van der Waals surface area contributed by atoms with Gasteiger partial charge in [0.15, 0.2) is 5.11 Å². The second-order valence-electron chi connectivity index (χ2n) is 4.54. The predicted molar refractivity (Wildman–Crippen MR) is 84.8 cm³/mol. The molecule has 0 atom stereocenters. The fraction of sp³-hybridized carbons (Fsp3) is 0.333. The van der Waals surface area contributed by atoms with Crippen LogP contribution in [0.2, 0.25) is 0 Å². The number of benzene rings is 1. The third-order valence-corrected chi connectivity index (χ3v) is 3.52. The highest BCUT2D eigenvalue weighted by atomic mass is 32.1. The van der Waals surface area contributed by atoms with Gasteiger partial charge in [0.1, 0.15) is 11.4 Å². The van der Waals surface area contributed by atoms with E-state index < -0.39 is 0 Å². The van der Waals surface area contributed by atoms with Gasteiger partial charge in [-0.1, -0.05) is 6.07 Å². The van der Waals surface area contributed by atoms with Gasteiger partial charge in [-0.3, -0.25) is 9.69 Å². The van der Waals surface area contributed by atoms with E-state index in [9.17, 15) is 4.79 Å². The van der Waals surface area contributed by atoms with Crippen LogP contribution in [0.4, 0.5) is 0 Å². The van der Waals surface area contributed by atoms with Crippen molar-refractivity contribution in [3.63, 3.8) is 0 Å². The number of carbonyl (C=O) groups excluding carboxylic acids is 1. The van der Waals surface area contributed by atoms with Gasteiger partial charge in [0.05, 0.1) is 13.7 Å². The number of carbonyl (C=O) groups is 1. The van der Waals surface area contributed by atoms with Crippen LogP contribution in [0.5, 0.6) is 5.75 Å². The zero-order valence-corrected chi connectivity index (χ0v) is 13.1. The molecular formula is C15H18N2O3S. The molecule has 0 aliphatic carbocycles. The van der Waals surface area contributed by atoms with Gasteiger partial charge in [-0.05, 0) is 42.9 Å². The summed E-state index contributed by atoms with van der Waals surface area (Å²) in [6, 6.07) is 5.68. The number of ether oxygens (including phenoxy) is 2. The zero-order valence-electron chi connectivity index (χ0n) is 12.3. The zero-order chi connectivity index (χ0) is 15.4. The van der Waals surface area contributed by atoms with Crippen molar-refractivity contribution < 1.29 is 14.3 Å². The number of thiocarbonyl (C=S) groups is 1. The van der Waals surface area contributed by atoms with Gasteiger partial charge in [0, 0.05) is 19.2 Å². The van der Waals surface area contributed by atoms with Gasteiger partial charge in [-0.2, -0.15) is 0 Å². The van der Waals surface area contributed by atoms with Gasteiger partial charge >= 0.3 is 0 Å². The number of methoxy groups -OCH3 is 2. The Hall–Kier alpha value is -1.92. The second kappa shape index (κ2) is 6.69. The summed E-state index contributed by atoms with van der Waals surface area (Å²) in [6.07, 6.45) is 1.78. The Morgan fingerprint density at radius 1 is 1.38 bits per heavy atom. The molecular weight excluding hydrogens is 288 g/mol. The number of nitrogens with one attached hydrogen (secondary N) is 1. The number of amides is 1. The number of rotatable bonds is 5. The van der Waals surface area contributed by atoms with E-state index in [0.29, 0.717) is 24.0 Å². The molecule has 1 aliphatic heterocycles. The van der Waals surface area contributed by atoms with Gasteiger partial charge in [0.2, 0.25) is 0 Å². The Kier molecular flexibility index (Phi) is 4.93. The Labute approximate surface area is 129 Å². The van der Waals surface area contributed by atoms with Crippen LogP contribution < -0.4 is 10.1 Å². The molecule has 21 heavy (non-hydrogen) atoms. The Bertz CT molecular complexity index is 599. The highest BCUT2D eigenvalue weighted by Gasteiger charge is 2.28. The van der Waals surface area contributed by atoms with Gasteiger partial charge in [0.25, 0.3) is 5.91 Å². The van der Waals surface area contributed by atoms with Crippen molar-refractivity contribution in [1.82, 2.24) is 10.2 Å². The van der Waals surface area contributed by atoms with Crippen LogP contribution >= 0.6 is 12.2 Å². The molecule has 112 valence electrons. The van der Waals surface area contributed by atoms with Crippen molar-refractivity contribution in [1.29, 1.82) is 0 Å². The van der Waals surface area contributed by atoms with E-state index in [1.807, 2.05) is 25.1 Å². The molecule has 0 aromatic heterocycles. The molecule has 1 aromatic rings. The first kappa shape index (κ1) is 15.5. The third kappa shape index (κ3) is 3.22. The molecule has 1 heterocycles. The van der Waals surface area contributed by atoms with Crippen LogP contribution in [-0.4, -0.2) is 36.7 Å². The minimum Gasteiger partial charge on any atom is -0.496 e. The molecule has 5 nitrogen and oxygen atoms in total. The standard InChI is InChI=1S/C15H18N2O3S/c1-4-17-14(18)12(16-15(17)21)8-10-5-6-13(20-3)11(7-10)9-19-2/h5-8H,4,9H2,1-3H3,(H,16,21)/b12-8+. The lowest BCUT2D eigenvalue weighted by Gasteiger charge is -2.09. The van der Waals surface area contributed by atoms with Crippen molar-refractivity contribution in [2.45, 2.75) is 13.5 Å². The molecule has 0 spiro atoms. The second-order valence-corrected chi connectivity index (χ2v) is 4.93. The largest absolute Gasteiger partial charge is 0.496 e. The van der Waals surface area contributed by atoms with Crippen molar-refractivity contribution in [3.05, 3.63) is 35.0 Å². The van der Waals surface area contributed by atoms with Crippen LogP contribution in [0.15, 0.2) is 23.9 Å². The number of nitrogens with zero attached hydrogens (tertiary/aromatic N) is 1. The molecule has 2 rings (SSSR count). The number of hydrogen-bond acceptors (Lipinski definition) is 4. The molecule has 0 bridgehead atoms. The van der Waals surface area contributed by atoms with E-state index in [-0.39, 0.29) is 5.91 Å². The fourth-order valence-electron chi connectivity index (χ4n) is 2.18. The van der Waals surface area contributed by atoms with Crippen molar-refractivity contribution in [2.75, 3.05) is 20.8 Å². The SMILES string of the molecule is CCN1C(=O)/C(=C\c2ccc(OC)c(COC)c2)NC1=S. The molecule has 1 aliphatic rings. The van der Waals surface area contributed by atoms with E-state index in [1.54, 1.807) is 20.3 Å². The minimum atomic E-state index is -0.105. The molecule has 1 amide bonds. The highest BCUT2D eigenvalue weighted by molar-refractivity contribution is 7.80. The Balaban J connectivity index is 2.31. The summed E-state index contributed by atoms with van der Waals surface area (Å²) in [5.41, 5.74) is 2.30. The van der Waals surface area contributed by atoms with Gasteiger partial charge < -0.3 is 14.8 Å². The molecule has 1 fully saturated rings. The highest BCUT2D eigenvalue weighted by Crippen LogP contribution is 2.22. The van der Waals surface area contributed by atoms with Crippen molar-refractivity contribution >= 4 is 29.3 Å². The maximum Gasteiger partial charge on any atom is 0.276 e. The molecule has 1 saturated heterocycles. The van der Waals surface area contributed by atoms with E-state index in [1.165, 1.54) is 4.90 Å². The topological polar surface area (TPSA) is 50.8 Å². The monoisotopic (exact) mass is 306 g/mol. The minimum absolute atomic E-state index is 0.105. The lowest BCUT2D eigenvalue weighted by molar-refractivity contribution is -0.122. The third-order valence-electron chi connectivity index (χ3n) is 3.19. The van der Waals surface area contributed by atoms with Crippen LogP contribution in [0.25, 0.3) is 6.08 Å². The molecule has 0 saturated carbocycles. The van der Waals surface area contributed by atoms with E-state index in [2.05, 4.69) is 5.32 Å². The summed E-state index contributed by atoms with van der Waals surface area (Å²) in [5, 5.41) is 3.38. The van der Waals surface area contributed by atoms with Gasteiger partial charge in [-0.25, -0.2) is 0 Å². The van der Waals surface area contributed by atoms with E-state index in [0.717, 1.165) is 16.9 Å². The maximum atomic E-state index is 12.1. The van der Waals surface area contributed by atoms with Crippen LogP contribution in [-0.2, 0) is 16.1 Å². The quantitative estimate of drug-likeness (QED) is 0.665. The van der Waals surface area contributed by atoms with Crippen molar-refractivity contribution in [2.24, 2.45) is 0 Å². The summed E-state index contributed by atoms with van der Waals surface area (Å²) >= 11 is 5.13. The molecule has 1 N–H and O–H groups in total. The predicted octanol–water partition coefficient (Wildman–Crippen LogP) is 1.92. The molecule has 0 unspecified atom stereocenters. The first-order valence-corrected chi connectivity index (χ1v) is 7.02. The number of hydrogen-bond donors (Lipinski definition) is 1. The summed E-state index contributed by atoms with van der Waals surface area (Å²) in [6.45, 7) is 2.89. The fourth-order valence-corrected chi connectivity index (χ4v) is 2.50. The first-order valence-electron chi connectivity index (χ1n) is 6.61. The van der Waals surface area contributed by atoms with Crippen LogP contribution in [0.1, 0.15) is 18.1 Å². The molecule has 6 heteroatoms. The first-order chi connectivity index (χ1) is 10.1. The Morgan fingerprint density at radius 3 is 2.71 bits per heavy atom. The van der Waals surface area contributed by atoms with E-state index in [4.69, 9.17) is 21.7 Å². The summed E-state index contributed by atoms with van der Waals surface area (Å²) in [4.78, 5) is 13.7. The smallest absolute Gasteiger partial charge is 0.276 e. The summed E-state index contributed by atoms with van der Waals surface area (Å²) in [7, 11) is 3.25. The van der Waals surface area contributed by atoms with E-state index >= 15 is 0 Å². The van der Waals surface area contributed by atoms with Crippen molar-refractivity contribution in [3.8, 4) is 5.75 Å². The lowest BCUT2D eigenvalue weighted by Crippen LogP contribution is -2.30. The summed E-state index contributed by atoms with van der Waals surface area (Å²) in [5.74, 6) is 0.655. The van der Waals surface area contributed by atoms with Crippen LogP contribution in [0.3, 0.4) is 0 Å². The molecule has 0 radical (unpaired) electrons. The molecule has 1 aromatic carbocycles. The number of likely N-dealkylation sites (N-methyl/N-ethyl adjacent to an activating group) is 1. The van der Waals surface area contributed by atoms with Crippen LogP contribution in [0, 0.1) is 0 Å². The summed E-state index contributed by atoms with van der Waals surface area (Å²) < 4.78 is 10.4. The normalized spacial score (nSPS) is 16.5. The average molecular weight is 306 g/mol. The lowest BCUT2D eigenvalue weighted by atomic mass is 10.1. The maximum absolute atomic E-state index is 12.1. The van der Waals surface area contributed by atoms with Gasteiger partial charge in [-0.15, -0.1) is 0 Å². The average Bonchev–Trinajstić information content (AvgIpc) is 2.73.